The molecule has 1 unspecified atom stereocenters. The highest BCUT2D eigenvalue weighted by atomic mass is 19.3. The third-order valence-electron chi connectivity index (χ3n) is 0.854. The zero-order valence-corrected chi connectivity index (χ0v) is 5.47. The van der Waals surface area contributed by atoms with E-state index in [2.05, 4.69) is 4.74 Å². The summed E-state index contributed by atoms with van der Waals surface area (Å²) < 4.78 is 38.7. The topological polar surface area (TPSA) is 46.5 Å². The van der Waals surface area contributed by atoms with E-state index in [0.29, 0.717) is 0 Å². The molecular formula is C5H7F3O3. The van der Waals surface area contributed by atoms with Crippen LogP contribution in [-0.4, -0.2) is 36.9 Å². The molecule has 0 spiro atoms. The minimum absolute atomic E-state index is 0.904. The lowest BCUT2D eigenvalue weighted by Gasteiger charge is -2.10. The van der Waals surface area contributed by atoms with Crippen LogP contribution in [0, 0.1) is 0 Å². The number of halogens is 3. The summed E-state index contributed by atoms with van der Waals surface area (Å²) in [6.45, 7) is -2.29. The molecule has 0 bridgehead atoms. The summed E-state index contributed by atoms with van der Waals surface area (Å²) in [5.41, 5.74) is 0. The summed E-state index contributed by atoms with van der Waals surface area (Å²) in [7, 11) is 0. The fourth-order valence-electron chi connectivity index (χ4n) is 0.363. The van der Waals surface area contributed by atoms with Crippen molar-refractivity contribution >= 4 is 5.97 Å². The highest BCUT2D eigenvalue weighted by molar-refractivity contribution is 5.68. The van der Waals surface area contributed by atoms with Crippen molar-refractivity contribution in [1.82, 2.24) is 0 Å². The Morgan fingerprint density at radius 3 is 2.36 bits per heavy atom. The largest absolute Gasteiger partial charge is 0.480 e. The number of carboxylic acid groups (broad SMARTS) is 1. The first-order chi connectivity index (χ1) is 5.07. The van der Waals surface area contributed by atoms with Crippen molar-refractivity contribution in [1.29, 1.82) is 0 Å². The fraction of sp³-hybridized carbons (Fsp3) is 0.800. The normalized spacial score (nSPS) is 13.5. The molecular weight excluding hydrogens is 165 g/mol. The molecule has 0 rings (SSSR count). The summed E-state index contributed by atoms with van der Waals surface area (Å²) in [5, 5.41) is 7.95. The van der Waals surface area contributed by atoms with Gasteiger partial charge in [0.1, 0.15) is 19.4 Å². The maximum absolute atomic E-state index is 11.6. The minimum atomic E-state index is -2.99. The SMILES string of the molecule is O=C(O)COC(CF)C(F)F. The van der Waals surface area contributed by atoms with Crippen LogP contribution >= 0.6 is 0 Å². The second-order valence-corrected chi connectivity index (χ2v) is 1.73. The molecule has 0 fully saturated rings. The maximum atomic E-state index is 11.6. The van der Waals surface area contributed by atoms with E-state index in [1.165, 1.54) is 0 Å². The summed E-state index contributed by atoms with van der Waals surface area (Å²) in [6, 6.07) is 0. The lowest BCUT2D eigenvalue weighted by molar-refractivity contribution is -0.148. The van der Waals surface area contributed by atoms with Gasteiger partial charge < -0.3 is 9.84 Å². The van der Waals surface area contributed by atoms with Crippen LogP contribution in [0.4, 0.5) is 13.2 Å². The smallest absolute Gasteiger partial charge is 0.329 e. The van der Waals surface area contributed by atoms with E-state index in [1.807, 2.05) is 0 Å². The van der Waals surface area contributed by atoms with Gasteiger partial charge in [-0.1, -0.05) is 0 Å². The van der Waals surface area contributed by atoms with Crippen LogP contribution in [0.2, 0.25) is 0 Å². The number of ether oxygens (including phenoxy) is 1. The van der Waals surface area contributed by atoms with Crippen LogP contribution in [0.1, 0.15) is 0 Å². The van der Waals surface area contributed by atoms with Gasteiger partial charge in [0.05, 0.1) is 0 Å². The Morgan fingerprint density at radius 1 is 1.55 bits per heavy atom. The average Bonchev–Trinajstić information content (AvgIpc) is 1.87. The highest BCUT2D eigenvalue weighted by Crippen LogP contribution is 2.05. The Bertz CT molecular complexity index is 128. The van der Waals surface area contributed by atoms with Gasteiger partial charge in [0.2, 0.25) is 0 Å². The molecule has 66 valence electrons. The van der Waals surface area contributed by atoms with Crippen LogP contribution < -0.4 is 0 Å². The van der Waals surface area contributed by atoms with Gasteiger partial charge in [-0.05, 0) is 0 Å². The first-order valence-corrected chi connectivity index (χ1v) is 2.75. The zero-order chi connectivity index (χ0) is 8.85. The van der Waals surface area contributed by atoms with Crippen molar-refractivity contribution in [2.24, 2.45) is 0 Å². The third kappa shape index (κ3) is 4.60. The van der Waals surface area contributed by atoms with Gasteiger partial charge in [-0.3, -0.25) is 0 Å². The summed E-state index contributed by atoms with van der Waals surface area (Å²) in [6.07, 6.45) is -4.91. The van der Waals surface area contributed by atoms with Crippen molar-refractivity contribution < 1.29 is 27.8 Å². The van der Waals surface area contributed by atoms with Crippen molar-refractivity contribution in [2.75, 3.05) is 13.3 Å². The zero-order valence-electron chi connectivity index (χ0n) is 5.47. The first kappa shape index (κ1) is 10.2. The van der Waals surface area contributed by atoms with Crippen LogP contribution in [0.5, 0.6) is 0 Å². The van der Waals surface area contributed by atoms with E-state index in [9.17, 15) is 18.0 Å². The molecule has 0 aliphatic heterocycles. The minimum Gasteiger partial charge on any atom is -0.480 e. The molecule has 0 aromatic rings. The van der Waals surface area contributed by atoms with Crippen LogP contribution in [0.15, 0.2) is 0 Å². The van der Waals surface area contributed by atoms with E-state index in [-0.39, 0.29) is 0 Å². The van der Waals surface area contributed by atoms with Gasteiger partial charge in [0.25, 0.3) is 6.43 Å². The number of carbonyl (C=O) groups is 1. The van der Waals surface area contributed by atoms with Gasteiger partial charge in [0.15, 0.2) is 0 Å². The van der Waals surface area contributed by atoms with E-state index >= 15 is 0 Å². The second-order valence-electron chi connectivity index (χ2n) is 1.73. The predicted molar refractivity (Wildman–Crippen MR) is 29.4 cm³/mol. The Balaban J connectivity index is 3.61. The number of carboxylic acids is 1. The quantitative estimate of drug-likeness (QED) is 0.663. The molecule has 6 heteroatoms. The summed E-state index contributed by atoms with van der Waals surface area (Å²) in [5.74, 6) is -1.40. The lowest BCUT2D eigenvalue weighted by atomic mass is 10.4. The monoisotopic (exact) mass is 172 g/mol. The predicted octanol–water partition coefficient (Wildman–Crippen LogP) is 0.691. The number of hydrogen-bond donors (Lipinski definition) is 1. The summed E-state index contributed by atoms with van der Waals surface area (Å²) >= 11 is 0. The number of rotatable bonds is 5. The molecule has 0 aliphatic carbocycles. The van der Waals surface area contributed by atoms with Crippen molar-refractivity contribution in [2.45, 2.75) is 12.5 Å². The molecule has 11 heavy (non-hydrogen) atoms. The first-order valence-electron chi connectivity index (χ1n) is 2.75. The van der Waals surface area contributed by atoms with Gasteiger partial charge in [-0.2, -0.15) is 0 Å². The maximum Gasteiger partial charge on any atom is 0.329 e. The van der Waals surface area contributed by atoms with Crippen molar-refractivity contribution in [3.8, 4) is 0 Å². The molecule has 0 aromatic carbocycles. The van der Waals surface area contributed by atoms with Crippen molar-refractivity contribution in [3.63, 3.8) is 0 Å². The Hall–Kier alpha value is -0.780. The Kier molecular flexibility index (Phi) is 4.60. The highest BCUT2D eigenvalue weighted by Gasteiger charge is 2.21. The van der Waals surface area contributed by atoms with Crippen molar-refractivity contribution in [3.05, 3.63) is 0 Å². The number of alkyl halides is 3. The average molecular weight is 172 g/mol. The van der Waals surface area contributed by atoms with E-state index in [0.717, 1.165) is 0 Å². The fourth-order valence-corrected chi connectivity index (χ4v) is 0.363. The van der Waals surface area contributed by atoms with Crippen LogP contribution in [0.25, 0.3) is 0 Å². The molecule has 1 atom stereocenters. The van der Waals surface area contributed by atoms with Gasteiger partial charge in [-0.25, -0.2) is 18.0 Å². The van der Waals surface area contributed by atoms with E-state index in [4.69, 9.17) is 5.11 Å². The molecule has 0 heterocycles. The molecule has 0 aromatic heterocycles. The molecule has 0 saturated carbocycles. The standard InChI is InChI=1S/C5H7F3O3/c6-1-3(5(7)8)11-2-4(9)10/h3,5H,1-2H2,(H,9,10). The Morgan fingerprint density at radius 2 is 2.09 bits per heavy atom. The van der Waals surface area contributed by atoms with Crippen LogP contribution in [0.3, 0.4) is 0 Å². The second kappa shape index (κ2) is 4.95. The number of aliphatic carboxylic acids is 1. The molecule has 0 radical (unpaired) electrons. The Labute approximate surface area is 60.8 Å². The molecule has 0 saturated heterocycles. The van der Waals surface area contributed by atoms with Gasteiger partial charge in [-0.15, -0.1) is 0 Å². The third-order valence-corrected chi connectivity index (χ3v) is 0.854. The number of hydrogen-bond acceptors (Lipinski definition) is 2. The van der Waals surface area contributed by atoms with E-state index in [1.54, 1.807) is 0 Å². The molecule has 0 aliphatic rings. The molecule has 0 amide bonds. The van der Waals surface area contributed by atoms with E-state index < -0.39 is 31.8 Å². The van der Waals surface area contributed by atoms with Gasteiger partial charge >= 0.3 is 5.97 Å². The molecule has 1 N–H and O–H groups in total. The molecule has 3 nitrogen and oxygen atoms in total. The lowest BCUT2D eigenvalue weighted by Crippen LogP contribution is -2.27. The van der Waals surface area contributed by atoms with Crippen LogP contribution in [-0.2, 0) is 9.53 Å². The van der Waals surface area contributed by atoms with Gasteiger partial charge in [0, 0.05) is 0 Å². The summed E-state index contributed by atoms with van der Waals surface area (Å²) in [4.78, 5) is 9.75.